The molecule has 2 amide bonds. The molecule has 1 atom stereocenters. The molecule has 0 saturated carbocycles. The lowest BCUT2D eigenvalue weighted by atomic mass is 9.99. The maximum Gasteiger partial charge on any atom is 0.265 e. The Labute approximate surface area is 190 Å². The second kappa shape index (κ2) is 11.2. The molecule has 0 radical (unpaired) electrons. The number of carbonyl (C=O) groups excluding carboxylic acids is 2. The Morgan fingerprint density at radius 1 is 1.13 bits per heavy atom. The van der Waals surface area contributed by atoms with Gasteiger partial charge in [0.1, 0.15) is 6.54 Å². The van der Waals surface area contributed by atoms with Crippen LogP contribution in [0.3, 0.4) is 0 Å². The highest BCUT2D eigenvalue weighted by atomic mass is 32.2. The molecule has 4 nitrogen and oxygen atoms in total. The second-order valence-corrected chi connectivity index (χ2v) is 9.18. The number of benzene rings is 2. The van der Waals surface area contributed by atoms with Gasteiger partial charge in [0.2, 0.25) is 5.91 Å². The second-order valence-electron chi connectivity index (χ2n) is 8.10. The Morgan fingerprint density at radius 3 is 2.58 bits per heavy atom. The summed E-state index contributed by atoms with van der Waals surface area (Å²) in [4.78, 5) is 29.2. The average Bonchev–Trinajstić information content (AvgIpc) is 2.78. The van der Waals surface area contributed by atoms with E-state index in [1.54, 1.807) is 4.90 Å². The van der Waals surface area contributed by atoms with Gasteiger partial charge in [0.05, 0.1) is 10.6 Å². The molecule has 0 fully saturated rings. The number of hydrogen-bond acceptors (Lipinski definition) is 3. The summed E-state index contributed by atoms with van der Waals surface area (Å²) >= 11 is 1.46. The SMILES string of the molecule is CCCCC(CC)CNC(=O)CN1C(=O)C(=Cc2ccc(C)cc2)Sc2ccccc21. The highest BCUT2D eigenvalue weighted by Crippen LogP contribution is 2.41. The van der Waals surface area contributed by atoms with Gasteiger partial charge >= 0.3 is 0 Å². The van der Waals surface area contributed by atoms with Crippen LogP contribution >= 0.6 is 11.8 Å². The summed E-state index contributed by atoms with van der Waals surface area (Å²) in [6, 6.07) is 15.9. The molecule has 0 bridgehead atoms. The Balaban J connectivity index is 1.75. The minimum Gasteiger partial charge on any atom is -0.354 e. The molecule has 5 heteroatoms. The quantitative estimate of drug-likeness (QED) is 0.505. The highest BCUT2D eigenvalue weighted by molar-refractivity contribution is 8.04. The Bertz CT molecular complexity index is 937. The molecule has 0 aromatic heterocycles. The van der Waals surface area contributed by atoms with E-state index in [9.17, 15) is 9.59 Å². The molecule has 1 unspecified atom stereocenters. The topological polar surface area (TPSA) is 49.4 Å². The number of nitrogens with zero attached hydrogens (tertiary/aromatic N) is 1. The highest BCUT2D eigenvalue weighted by Gasteiger charge is 2.30. The van der Waals surface area contributed by atoms with Gasteiger partial charge in [-0.05, 0) is 43.0 Å². The van der Waals surface area contributed by atoms with Crippen LogP contribution in [0.15, 0.2) is 58.3 Å². The predicted octanol–water partition coefficient (Wildman–Crippen LogP) is 5.81. The van der Waals surface area contributed by atoms with Crippen LogP contribution in [-0.2, 0) is 9.59 Å². The fourth-order valence-electron chi connectivity index (χ4n) is 3.63. The first-order valence-electron chi connectivity index (χ1n) is 11.2. The fourth-order valence-corrected chi connectivity index (χ4v) is 4.69. The van der Waals surface area contributed by atoms with Crippen LogP contribution in [0.25, 0.3) is 6.08 Å². The predicted molar refractivity (Wildman–Crippen MR) is 130 cm³/mol. The summed E-state index contributed by atoms with van der Waals surface area (Å²) < 4.78 is 0. The van der Waals surface area contributed by atoms with Gasteiger partial charge in [-0.25, -0.2) is 0 Å². The average molecular weight is 437 g/mol. The Hall–Kier alpha value is -2.53. The standard InChI is InChI=1S/C26H32N2O2S/c1-4-6-9-20(5-2)17-27-25(29)18-28-22-10-7-8-11-23(22)31-24(26(28)30)16-21-14-12-19(3)13-15-21/h7-8,10-16,20H,4-6,9,17-18H2,1-3H3,(H,27,29). The van der Waals surface area contributed by atoms with Gasteiger partial charge in [-0.2, -0.15) is 0 Å². The van der Waals surface area contributed by atoms with Crippen LogP contribution in [0.5, 0.6) is 0 Å². The molecule has 0 saturated heterocycles. The third-order valence-electron chi connectivity index (χ3n) is 5.64. The van der Waals surface area contributed by atoms with E-state index in [0.29, 0.717) is 17.4 Å². The van der Waals surface area contributed by atoms with E-state index in [4.69, 9.17) is 0 Å². The van der Waals surface area contributed by atoms with Crippen LogP contribution in [0.2, 0.25) is 0 Å². The summed E-state index contributed by atoms with van der Waals surface area (Å²) in [6.07, 6.45) is 6.42. The van der Waals surface area contributed by atoms with Crippen molar-refractivity contribution in [2.75, 3.05) is 18.0 Å². The Morgan fingerprint density at radius 2 is 1.87 bits per heavy atom. The molecule has 0 spiro atoms. The van der Waals surface area contributed by atoms with Crippen molar-refractivity contribution >= 4 is 35.3 Å². The van der Waals surface area contributed by atoms with Crippen molar-refractivity contribution in [2.45, 2.75) is 51.3 Å². The van der Waals surface area contributed by atoms with Crippen LogP contribution in [-0.4, -0.2) is 24.9 Å². The zero-order chi connectivity index (χ0) is 22.2. The third kappa shape index (κ3) is 6.23. The van der Waals surface area contributed by atoms with E-state index in [1.807, 2.05) is 61.5 Å². The van der Waals surface area contributed by atoms with Gasteiger partial charge in [-0.15, -0.1) is 0 Å². The lowest BCUT2D eigenvalue weighted by molar-refractivity contribution is -0.122. The van der Waals surface area contributed by atoms with E-state index in [0.717, 1.165) is 35.4 Å². The monoisotopic (exact) mass is 436 g/mol. The van der Waals surface area contributed by atoms with E-state index < -0.39 is 0 Å². The smallest absolute Gasteiger partial charge is 0.265 e. The molecule has 2 aromatic rings. The molecular formula is C26H32N2O2S. The first-order valence-corrected chi connectivity index (χ1v) is 12.0. The van der Waals surface area contributed by atoms with Crippen molar-refractivity contribution in [1.29, 1.82) is 0 Å². The molecule has 1 heterocycles. The first-order chi connectivity index (χ1) is 15.0. The molecule has 0 aliphatic carbocycles. The zero-order valence-electron chi connectivity index (χ0n) is 18.7. The molecule has 1 aliphatic heterocycles. The molecular weight excluding hydrogens is 404 g/mol. The molecule has 1 N–H and O–H groups in total. The summed E-state index contributed by atoms with van der Waals surface area (Å²) in [5, 5.41) is 3.05. The lowest BCUT2D eigenvalue weighted by Crippen LogP contribution is -2.43. The van der Waals surface area contributed by atoms with Gasteiger partial charge in [0.15, 0.2) is 0 Å². The van der Waals surface area contributed by atoms with Gasteiger partial charge in [-0.3, -0.25) is 14.5 Å². The fraction of sp³-hybridized carbons (Fsp3) is 0.385. The summed E-state index contributed by atoms with van der Waals surface area (Å²) in [5.41, 5.74) is 2.96. The number of aryl methyl sites for hydroxylation is 1. The van der Waals surface area contributed by atoms with Crippen LogP contribution in [0.1, 0.15) is 50.7 Å². The first kappa shape index (κ1) is 23.1. The zero-order valence-corrected chi connectivity index (χ0v) is 19.5. The van der Waals surface area contributed by atoms with Crippen molar-refractivity contribution < 1.29 is 9.59 Å². The molecule has 3 rings (SSSR count). The number of hydrogen-bond donors (Lipinski definition) is 1. The minimum atomic E-state index is -0.127. The van der Waals surface area contributed by atoms with Gasteiger partial charge in [0, 0.05) is 11.4 Å². The van der Waals surface area contributed by atoms with Gasteiger partial charge < -0.3 is 5.32 Å². The maximum atomic E-state index is 13.3. The van der Waals surface area contributed by atoms with Crippen molar-refractivity contribution in [3.8, 4) is 0 Å². The van der Waals surface area contributed by atoms with Gasteiger partial charge in [-0.1, -0.05) is 86.8 Å². The summed E-state index contributed by atoms with van der Waals surface area (Å²) in [5.74, 6) is 0.248. The number of fused-ring (bicyclic) bond motifs is 1. The molecule has 164 valence electrons. The van der Waals surface area contributed by atoms with Crippen molar-refractivity contribution in [3.63, 3.8) is 0 Å². The minimum absolute atomic E-state index is 0.0336. The van der Waals surface area contributed by atoms with Crippen molar-refractivity contribution in [1.82, 2.24) is 5.32 Å². The maximum absolute atomic E-state index is 13.3. The van der Waals surface area contributed by atoms with Crippen molar-refractivity contribution in [3.05, 3.63) is 64.6 Å². The lowest BCUT2D eigenvalue weighted by Gasteiger charge is -2.30. The number of carbonyl (C=O) groups is 2. The van der Waals surface area contributed by atoms with E-state index in [1.165, 1.54) is 23.7 Å². The number of anilines is 1. The van der Waals surface area contributed by atoms with Gasteiger partial charge in [0.25, 0.3) is 5.91 Å². The van der Waals surface area contributed by atoms with Crippen LogP contribution < -0.4 is 10.2 Å². The number of unbranched alkanes of at least 4 members (excludes halogenated alkanes) is 1. The molecule has 31 heavy (non-hydrogen) atoms. The van der Waals surface area contributed by atoms with Crippen LogP contribution in [0.4, 0.5) is 5.69 Å². The molecule has 1 aliphatic rings. The van der Waals surface area contributed by atoms with E-state index in [-0.39, 0.29) is 18.4 Å². The number of nitrogens with one attached hydrogen (secondary N) is 1. The van der Waals surface area contributed by atoms with E-state index >= 15 is 0 Å². The van der Waals surface area contributed by atoms with Crippen LogP contribution in [0, 0.1) is 12.8 Å². The largest absolute Gasteiger partial charge is 0.354 e. The number of amides is 2. The number of thioether (sulfide) groups is 1. The number of rotatable bonds is 9. The molecule has 2 aromatic carbocycles. The summed E-state index contributed by atoms with van der Waals surface area (Å²) in [6.45, 7) is 7.09. The number of para-hydroxylation sites is 1. The summed E-state index contributed by atoms with van der Waals surface area (Å²) in [7, 11) is 0. The third-order valence-corrected chi connectivity index (χ3v) is 6.72. The van der Waals surface area contributed by atoms with E-state index in [2.05, 4.69) is 19.2 Å². The normalized spacial score (nSPS) is 15.6. The Kier molecular flexibility index (Phi) is 8.35. The van der Waals surface area contributed by atoms with Crippen molar-refractivity contribution in [2.24, 2.45) is 5.92 Å².